The number of ether oxygens (including phenoxy) is 1. The molecule has 33 heavy (non-hydrogen) atoms. The van der Waals surface area contributed by atoms with Gasteiger partial charge in [0.15, 0.2) is 4.80 Å². The largest absolute Gasteiger partial charge is 0.495 e. The third-order valence-electron chi connectivity index (χ3n) is 5.83. The highest BCUT2D eigenvalue weighted by atomic mass is 32.2. The molecule has 1 aromatic heterocycles. The second-order valence-corrected chi connectivity index (χ2v) is 11.0. The van der Waals surface area contributed by atoms with Crippen LogP contribution in [0, 0.1) is 0 Å². The maximum Gasteiger partial charge on any atom is 0.279 e. The highest BCUT2D eigenvalue weighted by molar-refractivity contribution is 7.89. The summed E-state index contributed by atoms with van der Waals surface area (Å²) in [5.74, 6) is 0.346. The Bertz CT molecular complexity index is 1300. The van der Waals surface area contributed by atoms with E-state index in [2.05, 4.69) is 11.9 Å². The van der Waals surface area contributed by atoms with Crippen LogP contribution in [-0.4, -0.2) is 43.4 Å². The third kappa shape index (κ3) is 4.90. The fraction of sp³-hybridized carbons (Fsp3) is 0.417. The molecule has 1 saturated heterocycles. The van der Waals surface area contributed by atoms with Crippen molar-refractivity contribution in [2.45, 2.75) is 50.5 Å². The number of sulfonamides is 1. The number of para-hydroxylation sites is 1. The van der Waals surface area contributed by atoms with Crippen molar-refractivity contribution in [3.8, 4) is 5.75 Å². The van der Waals surface area contributed by atoms with E-state index >= 15 is 0 Å². The molecular weight excluding hydrogens is 458 g/mol. The molecule has 7 nitrogen and oxygen atoms in total. The zero-order valence-electron chi connectivity index (χ0n) is 19.0. The molecule has 1 aliphatic rings. The number of fused-ring (bicyclic) bond motifs is 1. The van der Waals surface area contributed by atoms with E-state index in [9.17, 15) is 13.2 Å². The van der Waals surface area contributed by atoms with Gasteiger partial charge in [0.2, 0.25) is 10.0 Å². The van der Waals surface area contributed by atoms with Crippen LogP contribution in [0.4, 0.5) is 0 Å². The molecule has 3 aromatic rings. The molecule has 1 amide bonds. The van der Waals surface area contributed by atoms with Gasteiger partial charge in [-0.2, -0.15) is 9.30 Å². The summed E-state index contributed by atoms with van der Waals surface area (Å²) in [6.45, 7) is 3.87. The lowest BCUT2D eigenvalue weighted by Gasteiger charge is -2.19. The molecule has 0 bridgehead atoms. The Morgan fingerprint density at radius 1 is 1.06 bits per heavy atom. The number of carbonyl (C=O) groups is 1. The average Bonchev–Trinajstić information content (AvgIpc) is 2.99. The van der Waals surface area contributed by atoms with Gasteiger partial charge in [0, 0.05) is 25.2 Å². The van der Waals surface area contributed by atoms with E-state index in [4.69, 9.17) is 4.74 Å². The Labute approximate surface area is 198 Å². The van der Waals surface area contributed by atoms with E-state index in [0.717, 1.165) is 48.1 Å². The van der Waals surface area contributed by atoms with Gasteiger partial charge in [-0.3, -0.25) is 4.79 Å². The van der Waals surface area contributed by atoms with Gasteiger partial charge in [0.1, 0.15) is 11.3 Å². The van der Waals surface area contributed by atoms with Gasteiger partial charge >= 0.3 is 0 Å². The minimum Gasteiger partial charge on any atom is -0.495 e. The molecule has 0 aliphatic carbocycles. The number of hydrogen-bond donors (Lipinski definition) is 0. The van der Waals surface area contributed by atoms with Crippen LogP contribution in [0.2, 0.25) is 0 Å². The van der Waals surface area contributed by atoms with Crippen molar-refractivity contribution in [1.29, 1.82) is 0 Å². The smallest absolute Gasteiger partial charge is 0.279 e. The summed E-state index contributed by atoms with van der Waals surface area (Å²) in [5, 5.41) is 0. The summed E-state index contributed by atoms with van der Waals surface area (Å²) in [7, 11) is -1.92. The van der Waals surface area contributed by atoms with Crippen LogP contribution in [0.1, 0.15) is 49.4 Å². The normalized spacial score (nSPS) is 16.1. The summed E-state index contributed by atoms with van der Waals surface area (Å²) in [5.41, 5.74) is 1.29. The highest BCUT2D eigenvalue weighted by Crippen LogP contribution is 2.27. The van der Waals surface area contributed by atoms with Crippen LogP contribution in [0.3, 0.4) is 0 Å². The number of thiazole rings is 1. The summed E-state index contributed by atoms with van der Waals surface area (Å²) >= 11 is 1.44. The Kier molecular flexibility index (Phi) is 7.31. The molecule has 0 atom stereocenters. The Hall–Kier alpha value is -2.49. The van der Waals surface area contributed by atoms with E-state index in [-0.39, 0.29) is 4.90 Å². The number of methoxy groups -OCH3 is 1. The molecule has 0 saturated carbocycles. The monoisotopic (exact) mass is 487 g/mol. The number of amides is 1. The number of benzene rings is 2. The van der Waals surface area contributed by atoms with Crippen LogP contribution in [0.25, 0.3) is 10.2 Å². The van der Waals surface area contributed by atoms with E-state index in [1.807, 2.05) is 22.8 Å². The van der Waals surface area contributed by atoms with Crippen molar-refractivity contribution in [2.75, 3.05) is 20.2 Å². The highest BCUT2D eigenvalue weighted by Gasteiger charge is 2.25. The number of nitrogens with zero attached hydrogens (tertiary/aromatic N) is 3. The number of carbonyl (C=O) groups excluding carboxylic acids is 1. The maximum absolute atomic E-state index is 13.0. The zero-order valence-corrected chi connectivity index (χ0v) is 20.6. The summed E-state index contributed by atoms with van der Waals surface area (Å²) < 4.78 is 36.1. The van der Waals surface area contributed by atoms with Crippen LogP contribution >= 0.6 is 11.3 Å². The van der Waals surface area contributed by atoms with Crippen LogP contribution in [-0.2, 0) is 16.6 Å². The quantitative estimate of drug-likeness (QED) is 0.515. The van der Waals surface area contributed by atoms with Gasteiger partial charge < -0.3 is 9.30 Å². The molecule has 4 rings (SSSR count). The lowest BCUT2D eigenvalue weighted by atomic mass is 10.2. The molecular formula is C24H29N3O4S2. The SMILES string of the molecule is CCCn1c(=NC(=O)c2ccc(S(=O)(=O)N3CCCCCC3)cc2)sc2cccc(OC)c21. The molecule has 9 heteroatoms. The molecule has 0 N–H and O–H groups in total. The molecule has 0 radical (unpaired) electrons. The van der Waals surface area contributed by atoms with Crippen LogP contribution < -0.4 is 9.54 Å². The molecule has 2 heterocycles. The first kappa shape index (κ1) is 23.7. The fourth-order valence-corrected chi connectivity index (χ4v) is 6.72. The van der Waals surface area contributed by atoms with Crippen molar-refractivity contribution < 1.29 is 17.9 Å². The Balaban J connectivity index is 1.65. The number of hydrogen-bond acceptors (Lipinski definition) is 5. The predicted molar refractivity (Wildman–Crippen MR) is 130 cm³/mol. The van der Waals surface area contributed by atoms with E-state index in [0.29, 0.717) is 30.0 Å². The Morgan fingerprint density at radius 2 is 1.76 bits per heavy atom. The molecule has 1 fully saturated rings. The van der Waals surface area contributed by atoms with Crippen molar-refractivity contribution >= 4 is 37.5 Å². The molecule has 176 valence electrons. The van der Waals surface area contributed by atoms with Gasteiger partial charge in [-0.25, -0.2) is 8.42 Å². The molecule has 2 aromatic carbocycles. The van der Waals surface area contributed by atoms with Crippen LogP contribution in [0.5, 0.6) is 5.75 Å². The summed E-state index contributed by atoms with van der Waals surface area (Å²) in [6.07, 6.45) is 4.76. The minimum atomic E-state index is -3.55. The van der Waals surface area contributed by atoms with E-state index in [1.165, 1.54) is 23.5 Å². The van der Waals surface area contributed by atoms with Crippen molar-refractivity contribution in [3.63, 3.8) is 0 Å². The molecule has 1 aliphatic heterocycles. The predicted octanol–water partition coefficient (Wildman–Crippen LogP) is 4.43. The van der Waals surface area contributed by atoms with E-state index < -0.39 is 15.9 Å². The Morgan fingerprint density at radius 3 is 2.39 bits per heavy atom. The minimum absolute atomic E-state index is 0.216. The van der Waals surface area contributed by atoms with Gasteiger partial charge in [-0.15, -0.1) is 0 Å². The van der Waals surface area contributed by atoms with Crippen molar-refractivity contribution in [3.05, 3.63) is 52.8 Å². The third-order valence-corrected chi connectivity index (χ3v) is 8.79. The topological polar surface area (TPSA) is 81.0 Å². The second kappa shape index (κ2) is 10.2. The first-order valence-corrected chi connectivity index (χ1v) is 13.6. The lowest BCUT2D eigenvalue weighted by molar-refractivity contribution is 0.0997. The van der Waals surface area contributed by atoms with Gasteiger partial charge in [-0.05, 0) is 55.7 Å². The van der Waals surface area contributed by atoms with E-state index in [1.54, 1.807) is 23.5 Å². The zero-order chi connectivity index (χ0) is 23.4. The van der Waals surface area contributed by atoms with Crippen LogP contribution in [0.15, 0.2) is 52.4 Å². The number of aromatic nitrogens is 1. The van der Waals surface area contributed by atoms with Crippen molar-refractivity contribution in [1.82, 2.24) is 8.87 Å². The number of rotatable bonds is 6. The lowest BCUT2D eigenvalue weighted by Crippen LogP contribution is -2.31. The van der Waals surface area contributed by atoms with Gasteiger partial charge in [-0.1, -0.05) is 37.2 Å². The maximum atomic E-state index is 13.0. The first-order valence-electron chi connectivity index (χ1n) is 11.3. The molecule has 0 unspecified atom stereocenters. The summed E-state index contributed by atoms with van der Waals surface area (Å²) in [6, 6.07) is 11.9. The van der Waals surface area contributed by atoms with Gasteiger partial charge in [0.05, 0.1) is 16.7 Å². The number of aryl methyl sites for hydroxylation is 1. The second-order valence-electron chi connectivity index (χ2n) is 8.10. The standard InChI is InChI=1S/C24H29N3O4S2/c1-3-15-27-22-20(31-2)9-8-10-21(22)32-24(27)25-23(28)18-11-13-19(14-12-18)33(29,30)26-16-6-4-5-7-17-26/h8-14H,3-7,15-17H2,1-2H3. The van der Waals surface area contributed by atoms with Gasteiger partial charge in [0.25, 0.3) is 5.91 Å². The fourth-order valence-electron chi connectivity index (χ4n) is 4.13. The first-order chi connectivity index (χ1) is 16.0. The summed E-state index contributed by atoms with van der Waals surface area (Å²) in [4.78, 5) is 18.1. The average molecular weight is 488 g/mol. The van der Waals surface area contributed by atoms with Crippen molar-refractivity contribution in [2.24, 2.45) is 4.99 Å². The molecule has 0 spiro atoms.